The normalized spacial score (nSPS) is 16.1. The highest BCUT2D eigenvalue weighted by Crippen LogP contribution is 2.17. The van der Waals surface area contributed by atoms with Crippen LogP contribution in [0.1, 0.15) is 40.0 Å². The van der Waals surface area contributed by atoms with E-state index in [0.29, 0.717) is 0 Å². The molecule has 0 spiro atoms. The van der Waals surface area contributed by atoms with E-state index in [1.165, 1.54) is 5.57 Å². The average molecular weight is 220 g/mol. The summed E-state index contributed by atoms with van der Waals surface area (Å²) in [6.07, 6.45) is 10.2. The molecule has 0 aromatic heterocycles. The molecule has 1 nitrogen and oxygen atoms in total. The molecule has 1 atom stereocenters. The van der Waals surface area contributed by atoms with Crippen LogP contribution in [-0.2, 0) is 0 Å². The van der Waals surface area contributed by atoms with Gasteiger partial charge in [-0.3, -0.25) is 0 Å². The van der Waals surface area contributed by atoms with Gasteiger partial charge in [-0.05, 0) is 40.0 Å². The van der Waals surface area contributed by atoms with Crippen LogP contribution in [0.15, 0.2) is 48.6 Å². The van der Waals surface area contributed by atoms with Crippen molar-refractivity contribution in [3.8, 4) is 0 Å². The fraction of sp³-hybridized carbons (Fsp3) is 0.467. The first-order valence-corrected chi connectivity index (χ1v) is 5.73. The number of allylic oxidation sites excluding steroid dienone is 5. The molecule has 0 radical (unpaired) electrons. The Balaban J connectivity index is 4.13. The predicted molar refractivity (Wildman–Crippen MR) is 72.4 cm³/mol. The first-order valence-electron chi connectivity index (χ1n) is 5.73. The van der Waals surface area contributed by atoms with Gasteiger partial charge in [0.1, 0.15) is 0 Å². The van der Waals surface area contributed by atoms with E-state index in [4.69, 9.17) is 0 Å². The fourth-order valence-corrected chi connectivity index (χ4v) is 1.31. The first-order chi connectivity index (χ1) is 7.37. The second-order valence-corrected chi connectivity index (χ2v) is 4.64. The molecule has 90 valence electrons. The van der Waals surface area contributed by atoms with Crippen molar-refractivity contribution in [1.29, 1.82) is 0 Å². The molecule has 1 heteroatoms. The van der Waals surface area contributed by atoms with Crippen molar-refractivity contribution in [2.75, 3.05) is 0 Å². The lowest BCUT2D eigenvalue weighted by Crippen LogP contribution is -2.20. The van der Waals surface area contributed by atoms with Gasteiger partial charge in [0.25, 0.3) is 0 Å². The van der Waals surface area contributed by atoms with Gasteiger partial charge in [-0.2, -0.15) is 0 Å². The maximum atomic E-state index is 10.0. The molecule has 0 saturated carbocycles. The van der Waals surface area contributed by atoms with Crippen LogP contribution >= 0.6 is 0 Å². The SMILES string of the molecule is C=C/C(C)=C/C=C/C(C)(O)CCCC(=C)C. The minimum atomic E-state index is -0.729. The molecule has 0 amide bonds. The van der Waals surface area contributed by atoms with Crippen LogP contribution in [0.5, 0.6) is 0 Å². The van der Waals surface area contributed by atoms with Gasteiger partial charge in [-0.1, -0.05) is 42.0 Å². The van der Waals surface area contributed by atoms with E-state index in [9.17, 15) is 5.11 Å². The van der Waals surface area contributed by atoms with Crippen molar-refractivity contribution >= 4 is 0 Å². The summed E-state index contributed by atoms with van der Waals surface area (Å²) in [7, 11) is 0. The second kappa shape index (κ2) is 7.24. The number of hydrogen-bond donors (Lipinski definition) is 1. The van der Waals surface area contributed by atoms with Crippen LogP contribution in [0.2, 0.25) is 0 Å². The third-order valence-corrected chi connectivity index (χ3v) is 2.42. The topological polar surface area (TPSA) is 20.2 Å². The molecule has 0 aliphatic rings. The van der Waals surface area contributed by atoms with E-state index in [0.717, 1.165) is 24.8 Å². The molecule has 0 rings (SSSR count). The van der Waals surface area contributed by atoms with E-state index in [2.05, 4.69) is 13.2 Å². The van der Waals surface area contributed by atoms with Crippen LogP contribution in [0, 0.1) is 0 Å². The Bertz CT molecular complexity index is 293. The molecular formula is C15H24O. The third kappa shape index (κ3) is 8.25. The Labute approximate surface area is 99.9 Å². The molecule has 0 fully saturated rings. The summed E-state index contributed by atoms with van der Waals surface area (Å²) in [5.41, 5.74) is 1.53. The number of aliphatic hydroxyl groups is 1. The van der Waals surface area contributed by atoms with Crippen molar-refractivity contribution in [3.63, 3.8) is 0 Å². The largest absolute Gasteiger partial charge is 0.386 e. The Morgan fingerprint density at radius 3 is 2.50 bits per heavy atom. The lowest BCUT2D eigenvalue weighted by molar-refractivity contribution is 0.0995. The maximum Gasteiger partial charge on any atom is 0.0802 e. The third-order valence-electron chi connectivity index (χ3n) is 2.42. The smallest absolute Gasteiger partial charge is 0.0802 e. The minimum absolute atomic E-state index is 0.729. The molecule has 0 aliphatic heterocycles. The molecule has 0 saturated heterocycles. The van der Waals surface area contributed by atoms with Crippen LogP contribution in [0.4, 0.5) is 0 Å². The summed E-state index contributed by atoms with van der Waals surface area (Å²) >= 11 is 0. The Morgan fingerprint density at radius 2 is 2.00 bits per heavy atom. The van der Waals surface area contributed by atoms with Gasteiger partial charge in [0.15, 0.2) is 0 Å². The van der Waals surface area contributed by atoms with E-state index >= 15 is 0 Å². The van der Waals surface area contributed by atoms with E-state index in [1.807, 2.05) is 39.0 Å². The summed E-state index contributed by atoms with van der Waals surface area (Å²) in [5.74, 6) is 0. The summed E-state index contributed by atoms with van der Waals surface area (Å²) < 4.78 is 0. The fourth-order valence-electron chi connectivity index (χ4n) is 1.31. The highest BCUT2D eigenvalue weighted by Gasteiger charge is 2.14. The lowest BCUT2D eigenvalue weighted by atomic mass is 9.97. The van der Waals surface area contributed by atoms with Crippen molar-refractivity contribution in [2.45, 2.75) is 45.6 Å². The van der Waals surface area contributed by atoms with Gasteiger partial charge in [-0.15, -0.1) is 6.58 Å². The zero-order valence-electron chi connectivity index (χ0n) is 10.8. The standard InChI is InChI=1S/C15H24O/c1-6-14(4)10-8-12-15(5,16)11-7-9-13(2)3/h6,8,10,12,16H,1-2,7,9,11H2,3-5H3/b12-8+,14-10+. The quantitative estimate of drug-likeness (QED) is 0.504. The van der Waals surface area contributed by atoms with Crippen LogP contribution < -0.4 is 0 Å². The molecule has 1 N–H and O–H groups in total. The van der Waals surface area contributed by atoms with Gasteiger partial charge in [0.05, 0.1) is 5.60 Å². The van der Waals surface area contributed by atoms with Gasteiger partial charge in [0, 0.05) is 0 Å². The van der Waals surface area contributed by atoms with Crippen molar-refractivity contribution in [2.24, 2.45) is 0 Å². The van der Waals surface area contributed by atoms with E-state index < -0.39 is 5.60 Å². The Kier molecular flexibility index (Phi) is 6.75. The molecule has 16 heavy (non-hydrogen) atoms. The lowest BCUT2D eigenvalue weighted by Gasteiger charge is -2.18. The second-order valence-electron chi connectivity index (χ2n) is 4.64. The zero-order chi connectivity index (χ0) is 12.6. The predicted octanol–water partition coefficient (Wildman–Crippen LogP) is 4.17. The zero-order valence-corrected chi connectivity index (χ0v) is 10.8. The molecule has 0 aromatic carbocycles. The highest BCUT2D eigenvalue weighted by atomic mass is 16.3. The Morgan fingerprint density at radius 1 is 1.38 bits per heavy atom. The molecular weight excluding hydrogens is 196 g/mol. The van der Waals surface area contributed by atoms with Crippen LogP contribution in [0.25, 0.3) is 0 Å². The van der Waals surface area contributed by atoms with Crippen molar-refractivity contribution in [3.05, 3.63) is 48.6 Å². The van der Waals surface area contributed by atoms with Gasteiger partial charge >= 0.3 is 0 Å². The van der Waals surface area contributed by atoms with Gasteiger partial charge < -0.3 is 5.11 Å². The number of hydrogen-bond acceptors (Lipinski definition) is 1. The molecule has 0 aliphatic carbocycles. The summed E-state index contributed by atoms with van der Waals surface area (Å²) in [4.78, 5) is 0. The molecule has 1 unspecified atom stereocenters. The highest BCUT2D eigenvalue weighted by molar-refractivity contribution is 5.21. The van der Waals surface area contributed by atoms with Gasteiger partial charge in [0.2, 0.25) is 0 Å². The molecule has 0 aromatic rings. The Hall–Kier alpha value is -1.08. The summed E-state index contributed by atoms with van der Waals surface area (Å²) in [6, 6.07) is 0. The summed E-state index contributed by atoms with van der Waals surface area (Å²) in [5, 5.41) is 10.0. The van der Waals surface area contributed by atoms with Crippen LogP contribution in [0.3, 0.4) is 0 Å². The summed E-state index contributed by atoms with van der Waals surface area (Å²) in [6.45, 7) is 13.3. The van der Waals surface area contributed by atoms with Crippen LogP contribution in [-0.4, -0.2) is 10.7 Å². The maximum absolute atomic E-state index is 10.0. The van der Waals surface area contributed by atoms with Crippen molar-refractivity contribution in [1.82, 2.24) is 0 Å². The van der Waals surface area contributed by atoms with E-state index in [-0.39, 0.29) is 0 Å². The molecule has 0 bridgehead atoms. The monoisotopic (exact) mass is 220 g/mol. The van der Waals surface area contributed by atoms with Crippen molar-refractivity contribution < 1.29 is 5.11 Å². The minimum Gasteiger partial charge on any atom is -0.386 e. The number of rotatable bonds is 7. The average Bonchev–Trinajstić information content (AvgIpc) is 2.16. The van der Waals surface area contributed by atoms with Gasteiger partial charge in [-0.25, -0.2) is 0 Å². The van der Waals surface area contributed by atoms with E-state index in [1.54, 1.807) is 6.08 Å². The molecule has 0 heterocycles. The first kappa shape index (κ1) is 14.9.